The number of methoxy groups -OCH3 is 2. The van der Waals surface area contributed by atoms with Gasteiger partial charge in [-0.2, -0.15) is 4.98 Å². The second kappa shape index (κ2) is 11.2. The van der Waals surface area contributed by atoms with Gasteiger partial charge in [-0.1, -0.05) is 39.0 Å². The maximum Gasteiger partial charge on any atom is 0.264 e. The Hall–Kier alpha value is -3.08. The zero-order valence-corrected chi connectivity index (χ0v) is 25.8. The molecule has 0 spiro atoms. The molecule has 0 bridgehead atoms. The summed E-state index contributed by atoms with van der Waals surface area (Å²) >= 11 is 0. The highest BCUT2D eigenvalue weighted by molar-refractivity contribution is 7.92. The van der Waals surface area contributed by atoms with E-state index in [1.54, 1.807) is 24.3 Å². The van der Waals surface area contributed by atoms with Gasteiger partial charge in [0.15, 0.2) is 0 Å². The zero-order chi connectivity index (χ0) is 28.5. The number of hydrogen-bond acceptors (Lipinski definition) is 6. The Morgan fingerprint density at radius 1 is 0.974 bits per heavy atom. The number of fused-ring (bicyclic) bond motifs is 3. The highest BCUT2D eigenvalue weighted by atomic mass is 32.2. The summed E-state index contributed by atoms with van der Waals surface area (Å²) < 4.78 is 49.4. The van der Waals surface area contributed by atoms with E-state index in [1.807, 2.05) is 37.4 Å². The topological polar surface area (TPSA) is 82.9 Å². The van der Waals surface area contributed by atoms with Crippen molar-refractivity contribution in [3.05, 3.63) is 54.6 Å². The Kier molecular flexibility index (Phi) is 8.29. The SMILES string of the molecule is COc1ccc(N(CCC(O[Si](C)C)C(C)(C)C)S(=O)(=O)c2ccc3c(c2)c2ccccc2n3C)c(OC)n1. The summed E-state index contributed by atoms with van der Waals surface area (Å²) in [5, 5.41) is 1.89. The van der Waals surface area contributed by atoms with Gasteiger partial charge in [0, 0.05) is 41.5 Å². The number of hydrogen-bond donors (Lipinski definition) is 0. The third-order valence-electron chi connectivity index (χ3n) is 6.90. The second-order valence-electron chi connectivity index (χ2n) is 10.9. The minimum Gasteiger partial charge on any atom is -0.481 e. The van der Waals surface area contributed by atoms with Gasteiger partial charge < -0.3 is 18.5 Å². The molecule has 0 aliphatic carbocycles. The number of anilines is 1. The Balaban J connectivity index is 1.85. The van der Waals surface area contributed by atoms with Crippen molar-refractivity contribution >= 4 is 46.6 Å². The Bertz CT molecular complexity index is 1580. The number of ether oxygens (including phenoxy) is 2. The van der Waals surface area contributed by atoms with Gasteiger partial charge in [0.05, 0.1) is 25.2 Å². The van der Waals surface area contributed by atoms with Gasteiger partial charge in [0.25, 0.3) is 10.0 Å². The highest BCUT2D eigenvalue weighted by Gasteiger charge is 2.33. The van der Waals surface area contributed by atoms with Crippen LogP contribution in [-0.4, -0.2) is 53.9 Å². The largest absolute Gasteiger partial charge is 0.481 e. The normalized spacial score (nSPS) is 13.3. The van der Waals surface area contributed by atoms with Crippen molar-refractivity contribution in [2.75, 3.05) is 25.1 Å². The van der Waals surface area contributed by atoms with Crippen molar-refractivity contribution < 1.29 is 22.3 Å². The number of sulfonamides is 1. The van der Waals surface area contributed by atoms with Gasteiger partial charge in [-0.3, -0.25) is 4.31 Å². The first-order chi connectivity index (χ1) is 18.4. The zero-order valence-electron chi connectivity index (χ0n) is 24.0. The summed E-state index contributed by atoms with van der Waals surface area (Å²) in [6.45, 7) is 10.7. The third-order valence-corrected chi connectivity index (χ3v) is 9.46. The Morgan fingerprint density at radius 3 is 2.31 bits per heavy atom. The molecule has 2 aromatic heterocycles. The van der Waals surface area contributed by atoms with Crippen LogP contribution < -0.4 is 13.8 Å². The molecule has 10 heteroatoms. The lowest BCUT2D eigenvalue weighted by molar-refractivity contribution is 0.0809. The minimum atomic E-state index is -4.01. The molecule has 4 rings (SSSR count). The van der Waals surface area contributed by atoms with E-state index in [2.05, 4.69) is 43.4 Å². The molecule has 4 aromatic rings. The molecular weight excluding hydrogens is 530 g/mol. The summed E-state index contributed by atoms with van der Waals surface area (Å²) in [4.78, 5) is 4.58. The van der Waals surface area contributed by atoms with E-state index in [1.165, 1.54) is 18.5 Å². The van der Waals surface area contributed by atoms with Crippen LogP contribution in [-0.2, 0) is 21.5 Å². The molecule has 8 nitrogen and oxygen atoms in total. The quantitative estimate of drug-likeness (QED) is 0.218. The molecule has 0 aliphatic rings. The second-order valence-corrected chi connectivity index (χ2v) is 14.8. The maximum atomic E-state index is 14.4. The molecule has 0 aliphatic heterocycles. The summed E-state index contributed by atoms with van der Waals surface area (Å²) in [7, 11) is -0.0396. The highest BCUT2D eigenvalue weighted by Crippen LogP contribution is 2.36. The van der Waals surface area contributed by atoms with Crippen LogP contribution in [0, 0.1) is 5.41 Å². The number of pyridine rings is 1. The van der Waals surface area contributed by atoms with Crippen LogP contribution in [0.5, 0.6) is 11.8 Å². The number of nitrogens with zero attached hydrogens (tertiary/aromatic N) is 3. The predicted octanol–water partition coefficient (Wildman–Crippen LogP) is 6.01. The number of aromatic nitrogens is 2. The van der Waals surface area contributed by atoms with Gasteiger partial charge >= 0.3 is 0 Å². The lowest BCUT2D eigenvalue weighted by atomic mass is 9.87. The first-order valence-corrected chi connectivity index (χ1v) is 16.8. The Labute approximate surface area is 233 Å². The van der Waals surface area contributed by atoms with Crippen molar-refractivity contribution in [1.29, 1.82) is 0 Å². The molecule has 0 saturated carbocycles. The van der Waals surface area contributed by atoms with Crippen LogP contribution >= 0.6 is 0 Å². The van der Waals surface area contributed by atoms with Gasteiger partial charge in [0.1, 0.15) is 5.69 Å². The number of para-hydroxylation sites is 1. The number of benzene rings is 2. The monoisotopic (exact) mass is 568 g/mol. The Morgan fingerprint density at radius 2 is 1.67 bits per heavy atom. The molecule has 1 radical (unpaired) electrons. The van der Waals surface area contributed by atoms with E-state index in [4.69, 9.17) is 13.9 Å². The van der Waals surface area contributed by atoms with Crippen molar-refractivity contribution in [2.24, 2.45) is 12.5 Å². The van der Waals surface area contributed by atoms with Crippen LogP contribution in [0.1, 0.15) is 27.2 Å². The molecule has 1 unspecified atom stereocenters. The van der Waals surface area contributed by atoms with Crippen LogP contribution in [0.4, 0.5) is 5.69 Å². The molecule has 0 amide bonds. The first-order valence-electron chi connectivity index (χ1n) is 12.9. The molecule has 1 atom stereocenters. The fourth-order valence-electron chi connectivity index (χ4n) is 4.86. The first kappa shape index (κ1) is 28.9. The number of aryl methyl sites for hydroxylation is 1. The van der Waals surface area contributed by atoms with Gasteiger partial charge in [0.2, 0.25) is 20.8 Å². The van der Waals surface area contributed by atoms with Crippen LogP contribution in [0.2, 0.25) is 13.1 Å². The average Bonchev–Trinajstić information content (AvgIpc) is 3.18. The molecule has 0 fully saturated rings. The lowest BCUT2D eigenvalue weighted by Gasteiger charge is -2.34. The maximum absolute atomic E-state index is 14.4. The summed E-state index contributed by atoms with van der Waals surface area (Å²) in [6.07, 6.45) is 0.376. The molecule has 2 heterocycles. The van der Waals surface area contributed by atoms with Crippen LogP contribution in [0.25, 0.3) is 21.8 Å². The van der Waals surface area contributed by atoms with E-state index in [0.717, 1.165) is 21.8 Å². The summed E-state index contributed by atoms with van der Waals surface area (Å²) in [5.41, 5.74) is 2.19. The van der Waals surface area contributed by atoms with Crippen LogP contribution in [0.3, 0.4) is 0 Å². The third kappa shape index (κ3) is 5.78. The van der Waals surface area contributed by atoms with Crippen LogP contribution in [0.15, 0.2) is 59.5 Å². The predicted molar refractivity (Wildman–Crippen MR) is 159 cm³/mol. The van der Waals surface area contributed by atoms with E-state index in [-0.39, 0.29) is 28.8 Å². The lowest BCUT2D eigenvalue weighted by Crippen LogP contribution is -2.39. The smallest absolute Gasteiger partial charge is 0.264 e. The van der Waals surface area contributed by atoms with E-state index in [9.17, 15) is 8.42 Å². The minimum absolute atomic E-state index is 0.128. The molecule has 0 saturated heterocycles. The average molecular weight is 569 g/mol. The van der Waals surface area contributed by atoms with Crippen molar-refractivity contribution in [3.63, 3.8) is 0 Å². The standard InChI is InChI=1S/C29H38N3O5SSi/c1-29(2,3)26(37-39(7)8)17-18-32(25-15-16-27(35-5)30-28(25)36-6)38(33,34)20-13-14-24-22(19-20)21-11-9-10-12-23(21)31(24)4/h9-16,19,26H,17-18H2,1-8H3. The van der Waals surface area contributed by atoms with E-state index >= 15 is 0 Å². The summed E-state index contributed by atoms with van der Waals surface area (Å²) in [5.74, 6) is 0.512. The summed E-state index contributed by atoms with van der Waals surface area (Å²) in [6, 6.07) is 16.6. The fourth-order valence-corrected chi connectivity index (χ4v) is 7.41. The van der Waals surface area contributed by atoms with Crippen molar-refractivity contribution in [2.45, 2.75) is 51.3 Å². The molecule has 0 N–H and O–H groups in total. The van der Waals surface area contributed by atoms with E-state index in [0.29, 0.717) is 18.0 Å². The molecule has 39 heavy (non-hydrogen) atoms. The molecule has 209 valence electrons. The van der Waals surface area contributed by atoms with Gasteiger partial charge in [-0.25, -0.2) is 8.42 Å². The fraction of sp³-hybridized carbons (Fsp3) is 0.414. The molecule has 2 aromatic carbocycles. The molecular formula is C29H38N3O5SSi. The van der Waals surface area contributed by atoms with E-state index < -0.39 is 19.1 Å². The van der Waals surface area contributed by atoms with Gasteiger partial charge in [-0.15, -0.1) is 0 Å². The van der Waals surface area contributed by atoms with Gasteiger partial charge in [-0.05, 0) is 55.3 Å². The number of rotatable bonds is 10. The van der Waals surface area contributed by atoms with Crippen molar-refractivity contribution in [3.8, 4) is 11.8 Å². The van der Waals surface area contributed by atoms with Crippen molar-refractivity contribution in [1.82, 2.24) is 9.55 Å².